The molecule has 3 aromatic rings. The second-order valence-corrected chi connectivity index (χ2v) is 9.67. The summed E-state index contributed by atoms with van der Waals surface area (Å²) in [7, 11) is -3.58. The summed E-state index contributed by atoms with van der Waals surface area (Å²) < 4.78 is 29.7. The van der Waals surface area contributed by atoms with Crippen molar-refractivity contribution in [2.45, 2.75) is 25.7 Å². The molecule has 0 bridgehead atoms. The van der Waals surface area contributed by atoms with Gasteiger partial charge in [0.05, 0.1) is 4.90 Å². The Morgan fingerprint density at radius 2 is 1.60 bits per heavy atom. The van der Waals surface area contributed by atoms with Crippen LogP contribution in [-0.4, -0.2) is 58.7 Å². The lowest BCUT2D eigenvalue weighted by Gasteiger charge is -2.34. The monoisotopic (exact) mass is 446 g/mol. The van der Waals surface area contributed by atoms with Crippen molar-refractivity contribution in [3.05, 3.63) is 58.6 Å². The van der Waals surface area contributed by atoms with Crippen LogP contribution in [0.4, 0.5) is 5.82 Å². The third-order valence-electron chi connectivity index (χ3n) is 5.35. The third-order valence-corrected chi connectivity index (χ3v) is 7.79. The van der Waals surface area contributed by atoms with Crippen molar-refractivity contribution in [3.8, 4) is 5.82 Å². The van der Waals surface area contributed by atoms with Crippen LogP contribution in [0, 0.1) is 20.8 Å². The van der Waals surface area contributed by atoms with Gasteiger partial charge in [-0.15, -0.1) is 10.2 Å². The van der Waals surface area contributed by atoms with Gasteiger partial charge in [-0.2, -0.15) is 4.31 Å². The first-order valence-corrected chi connectivity index (χ1v) is 11.4. The lowest BCUT2D eigenvalue weighted by molar-refractivity contribution is 0.383. The summed E-state index contributed by atoms with van der Waals surface area (Å²) in [6.45, 7) is 7.34. The van der Waals surface area contributed by atoms with E-state index in [9.17, 15) is 8.42 Å². The quantitative estimate of drug-likeness (QED) is 0.612. The van der Waals surface area contributed by atoms with Crippen molar-refractivity contribution in [2.24, 2.45) is 0 Å². The fraction of sp³-hybridized carbons (Fsp3) is 0.350. The SMILES string of the molecule is Cc1cc(S(=O)(=O)N2CCN(c3ccc(-n4ccnc4C)nn3)CC2)c(C)cc1Cl. The number of sulfonamides is 1. The minimum atomic E-state index is -3.58. The number of halogens is 1. The molecule has 158 valence electrons. The van der Waals surface area contributed by atoms with Gasteiger partial charge in [0.15, 0.2) is 11.6 Å². The molecule has 1 saturated heterocycles. The van der Waals surface area contributed by atoms with E-state index in [1.54, 1.807) is 25.3 Å². The fourth-order valence-corrected chi connectivity index (χ4v) is 5.50. The smallest absolute Gasteiger partial charge is 0.243 e. The van der Waals surface area contributed by atoms with E-state index in [-0.39, 0.29) is 0 Å². The maximum Gasteiger partial charge on any atom is 0.243 e. The molecule has 0 atom stereocenters. The Balaban J connectivity index is 1.47. The first kappa shape index (κ1) is 20.8. The fourth-order valence-electron chi connectivity index (χ4n) is 3.56. The summed E-state index contributed by atoms with van der Waals surface area (Å²) in [5.41, 5.74) is 1.41. The number of imidazole rings is 1. The standard InChI is InChI=1S/C20H23ClN6O2S/c1-14-13-18(15(2)12-17(14)21)30(28,29)26-10-8-25(9-11-26)19-4-5-20(24-23-19)27-7-6-22-16(27)3/h4-7,12-13H,8-11H2,1-3H3. The highest BCUT2D eigenvalue weighted by molar-refractivity contribution is 7.89. The van der Waals surface area contributed by atoms with Crippen LogP contribution in [0.25, 0.3) is 5.82 Å². The van der Waals surface area contributed by atoms with Gasteiger partial charge in [0.1, 0.15) is 5.82 Å². The molecule has 0 saturated carbocycles. The highest BCUT2D eigenvalue weighted by Crippen LogP contribution is 2.27. The van der Waals surface area contributed by atoms with E-state index in [4.69, 9.17) is 11.6 Å². The van der Waals surface area contributed by atoms with Crippen molar-refractivity contribution >= 4 is 27.4 Å². The molecule has 8 nitrogen and oxygen atoms in total. The van der Waals surface area contributed by atoms with E-state index in [1.807, 2.05) is 41.6 Å². The average Bonchev–Trinajstić information content (AvgIpc) is 3.16. The number of anilines is 1. The zero-order valence-corrected chi connectivity index (χ0v) is 18.7. The van der Waals surface area contributed by atoms with Crippen LogP contribution >= 0.6 is 11.6 Å². The summed E-state index contributed by atoms with van der Waals surface area (Å²) in [6.07, 6.45) is 3.55. The van der Waals surface area contributed by atoms with Crippen LogP contribution < -0.4 is 4.90 Å². The Morgan fingerprint density at radius 1 is 0.933 bits per heavy atom. The van der Waals surface area contributed by atoms with Crippen molar-refractivity contribution in [3.63, 3.8) is 0 Å². The van der Waals surface area contributed by atoms with Crippen molar-refractivity contribution in [1.29, 1.82) is 0 Å². The second-order valence-electron chi connectivity index (χ2n) is 7.35. The molecule has 10 heteroatoms. The molecule has 1 aliphatic heterocycles. The van der Waals surface area contributed by atoms with Gasteiger partial charge in [-0.1, -0.05) is 11.6 Å². The van der Waals surface area contributed by atoms with Crippen LogP contribution in [0.5, 0.6) is 0 Å². The van der Waals surface area contributed by atoms with Gasteiger partial charge in [0.2, 0.25) is 10.0 Å². The minimum absolute atomic E-state index is 0.317. The first-order chi connectivity index (χ1) is 14.3. The predicted octanol–water partition coefficient (Wildman–Crippen LogP) is 2.75. The van der Waals surface area contributed by atoms with Gasteiger partial charge in [0.25, 0.3) is 0 Å². The molecular weight excluding hydrogens is 424 g/mol. The number of hydrogen-bond acceptors (Lipinski definition) is 6. The lowest BCUT2D eigenvalue weighted by Crippen LogP contribution is -2.49. The van der Waals surface area contributed by atoms with Gasteiger partial charge >= 0.3 is 0 Å². The molecule has 0 unspecified atom stereocenters. The molecule has 30 heavy (non-hydrogen) atoms. The number of nitrogens with zero attached hydrogens (tertiary/aromatic N) is 6. The zero-order chi connectivity index (χ0) is 21.5. The zero-order valence-electron chi connectivity index (χ0n) is 17.1. The van der Waals surface area contributed by atoms with E-state index >= 15 is 0 Å². The van der Waals surface area contributed by atoms with E-state index in [0.717, 1.165) is 17.2 Å². The topological polar surface area (TPSA) is 84.2 Å². The summed E-state index contributed by atoms with van der Waals surface area (Å²) in [6, 6.07) is 7.15. The molecule has 1 aromatic carbocycles. The number of piperazine rings is 1. The number of hydrogen-bond donors (Lipinski definition) is 0. The maximum atomic E-state index is 13.2. The Kier molecular flexibility index (Phi) is 5.52. The summed E-state index contributed by atoms with van der Waals surface area (Å²) >= 11 is 6.13. The molecule has 4 rings (SSSR count). The van der Waals surface area contributed by atoms with Crippen molar-refractivity contribution < 1.29 is 8.42 Å². The van der Waals surface area contributed by atoms with E-state index < -0.39 is 10.0 Å². The molecule has 2 aromatic heterocycles. The molecule has 0 radical (unpaired) electrons. The summed E-state index contributed by atoms with van der Waals surface area (Å²) in [5, 5.41) is 9.19. The normalized spacial score (nSPS) is 15.5. The molecule has 1 aliphatic rings. The molecule has 0 N–H and O–H groups in total. The summed E-state index contributed by atoms with van der Waals surface area (Å²) in [5.74, 6) is 2.26. The Labute approximate surface area is 181 Å². The van der Waals surface area contributed by atoms with Crippen LogP contribution in [0.2, 0.25) is 5.02 Å². The average molecular weight is 447 g/mol. The minimum Gasteiger partial charge on any atom is -0.352 e. The Morgan fingerprint density at radius 3 is 2.20 bits per heavy atom. The second kappa shape index (κ2) is 7.98. The molecule has 0 spiro atoms. The Hall–Kier alpha value is -2.49. The molecule has 0 amide bonds. The number of rotatable bonds is 4. The highest BCUT2D eigenvalue weighted by Gasteiger charge is 2.30. The third kappa shape index (κ3) is 3.80. The van der Waals surface area contributed by atoms with Gasteiger partial charge in [-0.25, -0.2) is 13.4 Å². The van der Waals surface area contributed by atoms with Crippen LogP contribution in [-0.2, 0) is 10.0 Å². The van der Waals surface area contributed by atoms with E-state index in [0.29, 0.717) is 47.5 Å². The van der Waals surface area contributed by atoms with E-state index in [2.05, 4.69) is 15.2 Å². The predicted molar refractivity (Wildman–Crippen MR) is 116 cm³/mol. The number of aromatic nitrogens is 4. The maximum absolute atomic E-state index is 13.2. The largest absolute Gasteiger partial charge is 0.352 e. The molecule has 1 fully saturated rings. The highest BCUT2D eigenvalue weighted by atomic mass is 35.5. The lowest BCUT2D eigenvalue weighted by atomic mass is 10.2. The molecule has 0 aliphatic carbocycles. The van der Waals surface area contributed by atoms with Gasteiger partial charge in [-0.05, 0) is 56.2 Å². The van der Waals surface area contributed by atoms with Crippen LogP contribution in [0.3, 0.4) is 0 Å². The Bertz CT molecular complexity index is 1170. The first-order valence-electron chi connectivity index (χ1n) is 9.63. The van der Waals surface area contributed by atoms with Gasteiger partial charge < -0.3 is 4.90 Å². The number of benzene rings is 1. The van der Waals surface area contributed by atoms with E-state index in [1.165, 1.54) is 4.31 Å². The summed E-state index contributed by atoms with van der Waals surface area (Å²) in [4.78, 5) is 6.56. The molecule has 3 heterocycles. The van der Waals surface area contributed by atoms with Crippen LogP contribution in [0.15, 0.2) is 41.6 Å². The number of aryl methyl sites for hydroxylation is 3. The van der Waals surface area contributed by atoms with Crippen molar-refractivity contribution in [1.82, 2.24) is 24.1 Å². The van der Waals surface area contributed by atoms with Gasteiger partial charge in [0, 0.05) is 43.6 Å². The van der Waals surface area contributed by atoms with Gasteiger partial charge in [-0.3, -0.25) is 4.57 Å². The molecular formula is C20H23ClN6O2S. The van der Waals surface area contributed by atoms with Crippen LogP contribution in [0.1, 0.15) is 17.0 Å². The van der Waals surface area contributed by atoms with Crippen molar-refractivity contribution in [2.75, 3.05) is 31.1 Å².